The SMILES string of the molecule is CCC(C)(OC)C(=O)N1CC(C)OC(CO)C1. The molecule has 17 heavy (non-hydrogen) atoms. The molecule has 0 saturated carbocycles. The Bertz CT molecular complexity index is 265. The first-order valence-corrected chi connectivity index (χ1v) is 6.07. The number of rotatable bonds is 4. The summed E-state index contributed by atoms with van der Waals surface area (Å²) in [6.07, 6.45) is 0.279. The molecule has 1 amide bonds. The van der Waals surface area contributed by atoms with Gasteiger partial charge in [-0.2, -0.15) is 0 Å². The fraction of sp³-hybridized carbons (Fsp3) is 0.917. The van der Waals surface area contributed by atoms with Gasteiger partial charge in [-0.25, -0.2) is 0 Å². The summed E-state index contributed by atoms with van der Waals surface area (Å²) in [6.45, 7) is 6.53. The van der Waals surface area contributed by atoms with Crippen molar-refractivity contribution in [2.45, 2.75) is 45.0 Å². The van der Waals surface area contributed by atoms with Gasteiger partial charge in [0.1, 0.15) is 5.60 Å². The van der Waals surface area contributed by atoms with E-state index in [1.807, 2.05) is 13.8 Å². The number of nitrogens with zero attached hydrogens (tertiary/aromatic N) is 1. The second-order valence-electron chi connectivity index (χ2n) is 4.75. The van der Waals surface area contributed by atoms with E-state index in [1.165, 1.54) is 0 Å². The molecule has 1 heterocycles. The van der Waals surface area contributed by atoms with Crippen LogP contribution in [0.3, 0.4) is 0 Å². The van der Waals surface area contributed by atoms with Crippen molar-refractivity contribution in [2.75, 3.05) is 26.8 Å². The highest BCUT2D eigenvalue weighted by atomic mass is 16.5. The molecule has 5 nitrogen and oxygen atoms in total. The van der Waals surface area contributed by atoms with Crippen molar-refractivity contribution >= 4 is 5.91 Å². The van der Waals surface area contributed by atoms with Crippen LogP contribution in [-0.4, -0.2) is 60.5 Å². The zero-order valence-corrected chi connectivity index (χ0v) is 11.1. The van der Waals surface area contributed by atoms with Crippen molar-refractivity contribution in [2.24, 2.45) is 0 Å². The molecule has 0 spiro atoms. The summed E-state index contributed by atoms with van der Waals surface area (Å²) in [5.41, 5.74) is -0.781. The maximum atomic E-state index is 12.4. The van der Waals surface area contributed by atoms with E-state index < -0.39 is 5.60 Å². The molecule has 0 bridgehead atoms. The Morgan fingerprint density at radius 2 is 2.24 bits per heavy atom. The van der Waals surface area contributed by atoms with Crippen molar-refractivity contribution in [3.63, 3.8) is 0 Å². The molecular weight excluding hydrogens is 222 g/mol. The van der Waals surface area contributed by atoms with E-state index in [2.05, 4.69) is 0 Å². The molecule has 1 aliphatic rings. The van der Waals surface area contributed by atoms with Crippen molar-refractivity contribution in [1.82, 2.24) is 4.90 Å². The predicted octanol–water partition coefficient (Wildman–Crippen LogP) is 0.410. The number of morpholine rings is 1. The lowest BCUT2D eigenvalue weighted by molar-refractivity contribution is -0.167. The van der Waals surface area contributed by atoms with Gasteiger partial charge in [0.05, 0.1) is 18.8 Å². The van der Waals surface area contributed by atoms with E-state index >= 15 is 0 Å². The van der Waals surface area contributed by atoms with Crippen molar-refractivity contribution in [1.29, 1.82) is 0 Å². The predicted molar refractivity (Wildman–Crippen MR) is 63.7 cm³/mol. The summed E-state index contributed by atoms with van der Waals surface area (Å²) in [5.74, 6) is -0.0314. The van der Waals surface area contributed by atoms with Gasteiger partial charge in [-0.05, 0) is 20.3 Å². The third-order valence-corrected chi connectivity index (χ3v) is 3.39. The second kappa shape index (κ2) is 5.80. The van der Waals surface area contributed by atoms with E-state index in [-0.39, 0.29) is 24.7 Å². The van der Waals surface area contributed by atoms with E-state index in [0.717, 1.165) is 0 Å². The molecule has 3 atom stereocenters. The Kier molecular flexibility index (Phi) is 4.91. The number of methoxy groups -OCH3 is 1. The summed E-state index contributed by atoms with van der Waals surface area (Å²) in [5, 5.41) is 9.13. The topological polar surface area (TPSA) is 59.0 Å². The quantitative estimate of drug-likeness (QED) is 0.779. The summed E-state index contributed by atoms with van der Waals surface area (Å²) in [6, 6.07) is 0. The molecule has 5 heteroatoms. The van der Waals surface area contributed by atoms with Gasteiger partial charge in [-0.15, -0.1) is 0 Å². The normalized spacial score (nSPS) is 28.9. The van der Waals surface area contributed by atoms with Crippen LogP contribution in [0.25, 0.3) is 0 Å². The highest BCUT2D eigenvalue weighted by Crippen LogP contribution is 2.21. The number of aliphatic hydroxyl groups excluding tert-OH is 1. The zero-order valence-electron chi connectivity index (χ0n) is 11.1. The summed E-state index contributed by atoms with van der Waals surface area (Å²) >= 11 is 0. The minimum Gasteiger partial charge on any atom is -0.394 e. The number of aliphatic hydroxyl groups is 1. The van der Waals surface area contributed by atoms with Gasteiger partial charge in [0.15, 0.2) is 0 Å². The molecule has 100 valence electrons. The minimum absolute atomic E-state index is 0.0314. The van der Waals surface area contributed by atoms with Crippen LogP contribution < -0.4 is 0 Å². The zero-order chi connectivity index (χ0) is 13.1. The molecule has 0 aromatic heterocycles. The number of hydrogen-bond acceptors (Lipinski definition) is 4. The fourth-order valence-electron chi connectivity index (χ4n) is 2.03. The Morgan fingerprint density at radius 1 is 1.59 bits per heavy atom. The van der Waals surface area contributed by atoms with Crippen LogP contribution in [0.4, 0.5) is 0 Å². The maximum absolute atomic E-state index is 12.4. The molecule has 0 aromatic rings. The first kappa shape index (κ1) is 14.4. The third kappa shape index (κ3) is 3.18. The van der Waals surface area contributed by atoms with E-state index in [1.54, 1.807) is 18.9 Å². The van der Waals surface area contributed by atoms with E-state index in [9.17, 15) is 4.79 Å². The van der Waals surface area contributed by atoms with Crippen LogP contribution >= 0.6 is 0 Å². The average Bonchev–Trinajstić information content (AvgIpc) is 2.36. The maximum Gasteiger partial charge on any atom is 0.254 e. The smallest absolute Gasteiger partial charge is 0.254 e. The molecule has 0 aliphatic carbocycles. The molecule has 0 aromatic carbocycles. The number of carbonyl (C=O) groups is 1. The molecule has 1 aliphatic heterocycles. The first-order chi connectivity index (χ1) is 7.96. The van der Waals surface area contributed by atoms with Gasteiger partial charge in [-0.3, -0.25) is 4.79 Å². The summed E-state index contributed by atoms with van der Waals surface area (Å²) in [4.78, 5) is 14.1. The highest BCUT2D eigenvalue weighted by molar-refractivity contribution is 5.85. The molecule has 1 saturated heterocycles. The number of amides is 1. The van der Waals surface area contributed by atoms with Gasteiger partial charge >= 0.3 is 0 Å². The standard InChI is InChI=1S/C12H23NO4/c1-5-12(3,16-4)11(15)13-6-9(2)17-10(7-13)8-14/h9-10,14H,5-8H2,1-4H3. The van der Waals surface area contributed by atoms with Gasteiger partial charge in [0, 0.05) is 20.2 Å². The van der Waals surface area contributed by atoms with Gasteiger partial charge in [0.25, 0.3) is 5.91 Å². The molecule has 1 fully saturated rings. The summed E-state index contributed by atoms with van der Waals surface area (Å²) < 4.78 is 10.8. The van der Waals surface area contributed by atoms with Crippen LogP contribution in [0.5, 0.6) is 0 Å². The monoisotopic (exact) mass is 245 g/mol. The Morgan fingerprint density at radius 3 is 2.71 bits per heavy atom. The number of hydrogen-bond donors (Lipinski definition) is 1. The molecule has 3 unspecified atom stereocenters. The largest absolute Gasteiger partial charge is 0.394 e. The van der Waals surface area contributed by atoms with Crippen molar-refractivity contribution in [3.8, 4) is 0 Å². The lowest BCUT2D eigenvalue weighted by Gasteiger charge is -2.40. The van der Waals surface area contributed by atoms with Gasteiger partial charge < -0.3 is 19.5 Å². The Balaban J connectivity index is 2.74. The third-order valence-electron chi connectivity index (χ3n) is 3.39. The minimum atomic E-state index is -0.781. The van der Waals surface area contributed by atoms with Crippen LogP contribution in [0.1, 0.15) is 27.2 Å². The second-order valence-corrected chi connectivity index (χ2v) is 4.75. The van der Waals surface area contributed by atoms with Gasteiger partial charge in [-0.1, -0.05) is 6.92 Å². The van der Waals surface area contributed by atoms with Crippen LogP contribution in [0.15, 0.2) is 0 Å². The fourth-order valence-corrected chi connectivity index (χ4v) is 2.03. The first-order valence-electron chi connectivity index (χ1n) is 6.07. The van der Waals surface area contributed by atoms with Crippen LogP contribution in [0.2, 0.25) is 0 Å². The Hall–Kier alpha value is -0.650. The number of carbonyl (C=O) groups excluding carboxylic acids is 1. The van der Waals surface area contributed by atoms with E-state index in [4.69, 9.17) is 14.6 Å². The number of ether oxygens (including phenoxy) is 2. The van der Waals surface area contributed by atoms with Crippen molar-refractivity contribution < 1.29 is 19.4 Å². The molecular formula is C12H23NO4. The molecule has 1 N–H and O–H groups in total. The molecule has 1 rings (SSSR count). The highest BCUT2D eigenvalue weighted by Gasteiger charge is 2.38. The molecule has 0 radical (unpaired) electrons. The van der Waals surface area contributed by atoms with Crippen molar-refractivity contribution in [3.05, 3.63) is 0 Å². The van der Waals surface area contributed by atoms with Crippen LogP contribution in [0, 0.1) is 0 Å². The van der Waals surface area contributed by atoms with Gasteiger partial charge in [0.2, 0.25) is 0 Å². The van der Waals surface area contributed by atoms with E-state index in [0.29, 0.717) is 19.5 Å². The lowest BCUT2D eigenvalue weighted by atomic mass is 10.0. The lowest BCUT2D eigenvalue weighted by Crippen LogP contribution is -2.56. The summed E-state index contributed by atoms with van der Waals surface area (Å²) in [7, 11) is 1.55. The average molecular weight is 245 g/mol. The van der Waals surface area contributed by atoms with Crippen LogP contribution in [-0.2, 0) is 14.3 Å². The Labute approximate surface area is 103 Å².